The molecule has 8 heteroatoms. The van der Waals surface area contributed by atoms with Gasteiger partial charge in [0.1, 0.15) is 23.4 Å². The second kappa shape index (κ2) is 12.1. The van der Waals surface area contributed by atoms with Crippen molar-refractivity contribution in [1.82, 2.24) is 10.2 Å². The van der Waals surface area contributed by atoms with E-state index >= 15 is 0 Å². The molecule has 0 radical (unpaired) electrons. The Labute approximate surface area is 232 Å². The molecule has 3 amide bonds. The van der Waals surface area contributed by atoms with Gasteiger partial charge < -0.3 is 25.4 Å². The Morgan fingerprint density at radius 1 is 1.05 bits per heavy atom. The molecule has 0 saturated heterocycles. The molecule has 39 heavy (non-hydrogen) atoms. The van der Waals surface area contributed by atoms with Crippen LogP contribution in [-0.2, 0) is 14.3 Å². The summed E-state index contributed by atoms with van der Waals surface area (Å²) in [4.78, 5) is 42.7. The molecule has 0 aliphatic heterocycles. The van der Waals surface area contributed by atoms with Crippen molar-refractivity contribution in [2.75, 3.05) is 5.32 Å². The van der Waals surface area contributed by atoms with E-state index in [9.17, 15) is 19.5 Å². The number of anilines is 1. The molecule has 2 aromatic rings. The zero-order chi connectivity index (χ0) is 29.1. The first-order valence-corrected chi connectivity index (χ1v) is 13.7. The number of benzene rings is 2. The fourth-order valence-electron chi connectivity index (χ4n) is 4.73. The zero-order valence-corrected chi connectivity index (χ0v) is 24.4. The summed E-state index contributed by atoms with van der Waals surface area (Å²) in [6.07, 6.45) is 0.388. The first-order chi connectivity index (χ1) is 18.2. The fraction of sp³-hybridized carbons (Fsp3) is 0.516. The number of aromatic hydroxyl groups is 1. The van der Waals surface area contributed by atoms with Crippen LogP contribution in [0.1, 0.15) is 77.1 Å². The van der Waals surface area contributed by atoms with E-state index in [-0.39, 0.29) is 29.5 Å². The lowest BCUT2D eigenvalue weighted by Crippen LogP contribution is -2.53. The summed E-state index contributed by atoms with van der Waals surface area (Å²) in [7, 11) is 0. The Bertz CT molecular complexity index is 1200. The molecule has 8 nitrogen and oxygen atoms in total. The van der Waals surface area contributed by atoms with Crippen LogP contribution in [0.15, 0.2) is 42.5 Å². The molecule has 1 saturated carbocycles. The maximum absolute atomic E-state index is 14.3. The first kappa shape index (κ1) is 30.0. The molecular weight excluding hydrogens is 494 g/mol. The van der Waals surface area contributed by atoms with Gasteiger partial charge in [0.25, 0.3) is 5.91 Å². The zero-order valence-electron chi connectivity index (χ0n) is 24.4. The highest BCUT2D eigenvalue weighted by atomic mass is 16.6. The number of phenols is 1. The Hall–Kier alpha value is -3.55. The molecule has 3 rings (SSSR count). The summed E-state index contributed by atoms with van der Waals surface area (Å²) in [5, 5.41) is 16.8. The van der Waals surface area contributed by atoms with Crippen LogP contribution < -0.4 is 10.6 Å². The first-order valence-electron chi connectivity index (χ1n) is 13.7. The van der Waals surface area contributed by atoms with Gasteiger partial charge in [-0.3, -0.25) is 9.59 Å². The molecule has 4 atom stereocenters. The lowest BCUT2D eigenvalue weighted by atomic mass is 9.97. The van der Waals surface area contributed by atoms with Crippen molar-refractivity contribution in [3.05, 3.63) is 59.2 Å². The number of ether oxygens (including phenoxy) is 1. The minimum absolute atomic E-state index is 0.0333. The summed E-state index contributed by atoms with van der Waals surface area (Å²) >= 11 is 0. The van der Waals surface area contributed by atoms with E-state index in [0.29, 0.717) is 29.7 Å². The van der Waals surface area contributed by atoms with E-state index < -0.39 is 29.7 Å². The Kier molecular flexibility index (Phi) is 9.30. The van der Waals surface area contributed by atoms with E-state index in [1.807, 2.05) is 45.9 Å². The number of carbonyl (C=O) groups excluding carboxylic acids is 3. The van der Waals surface area contributed by atoms with Gasteiger partial charge >= 0.3 is 6.09 Å². The number of rotatable bonds is 9. The molecule has 1 aliphatic carbocycles. The second-order valence-electron chi connectivity index (χ2n) is 12.1. The molecule has 0 aromatic heterocycles. The van der Waals surface area contributed by atoms with Crippen LogP contribution in [0.5, 0.6) is 5.75 Å². The van der Waals surface area contributed by atoms with Crippen molar-refractivity contribution in [2.45, 2.75) is 92.0 Å². The average Bonchev–Trinajstić information content (AvgIpc) is 3.54. The van der Waals surface area contributed by atoms with Crippen LogP contribution >= 0.6 is 0 Å². The number of hydrogen-bond donors (Lipinski definition) is 3. The smallest absolute Gasteiger partial charge is 0.408 e. The number of carbonyl (C=O) groups is 3. The molecule has 212 valence electrons. The molecule has 0 heterocycles. The number of aryl methyl sites for hydroxylation is 2. The summed E-state index contributed by atoms with van der Waals surface area (Å²) in [6, 6.07) is 10.4. The van der Waals surface area contributed by atoms with Crippen molar-refractivity contribution in [2.24, 2.45) is 11.8 Å². The summed E-state index contributed by atoms with van der Waals surface area (Å²) in [5.41, 5.74) is 1.71. The lowest BCUT2D eigenvalue weighted by Gasteiger charge is -2.36. The molecule has 3 N–H and O–H groups in total. The Balaban J connectivity index is 2.08. The standard InChI is InChI=1S/C31H43N3O5/c1-18(2)16-24(33-30(38)39-31(6,7)8)29(37)34(25-17-21(25)5)26(22-14-11-13-20(4)27(22)35)28(36)32-23-15-10-9-12-19(23)3/h9-15,18,21,24-26,35H,16-17H2,1-8H3,(H,32,36)(H,33,38). The van der Waals surface area contributed by atoms with Gasteiger partial charge in [-0.05, 0) is 76.5 Å². The maximum Gasteiger partial charge on any atom is 0.408 e. The highest BCUT2D eigenvalue weighted by Gasteiger charge is 2.49. The molecule has 1 aliphatic rings. The Morgan fingerprint density at radius 3 is 2.23 bits per heavy atom. The van der Waals surface area contributed by atoms with Gasteiger partial charge in [-0.1, -0.05) is 57.2 Å². The number of hydrogen-bond acceptors (Lipinski definition) is 5. The minimum Gasteiger partial charge on any atom is -0.507 e. The van der Waals surface area contributed by atoms with Crippen LogP contribution in [0.2, 0.25) is 0 Å². The molecule has 0 bridgehead atoms. The average molecular weight is 538 g/mol. The second-order valence-corrected chi connectivity index (χ2v) is 12.1. The van der Waals surface area contributed by atoms with Crippen molar-refractivity contribution in [3.8, 4) is 5.75 Å². The summed E-state index contributed by atoms with van der Waals surface area (Å²) in [5.74, 6) is -0.600. The molecule has 0 spiro atoms. The highest BCUT2D eigenvalue weighted by molar-refractivity contribution is 6.00. The van der Waals surface area contributed by atoms with Gasteiger partial charge in [0.2, 0.25) is 5.91 Å². The third-order valence-electron chi connectivity index (χ3n) is 6.87. The third-order valence-corrected chi connectivity index (χ3v) is 6.87. The van der Waals surface area contributed by atoms with Gasteiger partial charge in [0, 0.05) is 17.3 Å². The SMILES string of the molecule is Cc1ccccc1NC(=O)C(c1cccc(C)c1O)N(C(=O)C(CC(C)C)NC(=O)OC(C)(C)C)C1CC1C. The van der Waals surface area contributed by atoms with Crippen molar-refractivity contribution < 1.29 is 24.2 Å². The summed E-state index contributed by atoms with van der Waals surface area (Å²) in [6.45, 7) is 14.9. The summed E-state index contributed by atoms with van der Waals surface area (Å²) < 4.78 is 5.46. The normalized spacial score (nSPS) is 18.2. The van der Waals surface area contributed by atoms with Gasteiger partial charge in [0.05, 0.1) is 0 Å². The van der Waals surface area contributed by atoms with Gasteiger partial charge in [-0.25, -0.2) is 4.79 Å². The highest BCUT2D eigenvalue weighted by Crippen LogP contribution is 2.43. The number of amides is 3. The Morgan fingerprint density at radius 2 is 1.67 bits per heavy atom. The van der Waals surface area contributed by atoms with E-state index in [4.69, 9.17) is 4.74 Å². The monoisotopic (exact) mass is 537 g/mol. The largest absolute Gasteiger partial charge is 0.507 e. The number of alkyl carbamates (subject to hydrolysis) is 1. The topological polar surface area (TPSA) is 108 Å². The molecule has 1 fully saturated rings. The van der Waals surface area contributed by atoms with E-state index in [1.54, 1.807) is 56.9 Å². The number of nitrogens with zero attached hydrogens (tertiary/aromatic N) is 1. The molecular formula is C31H43N3O5. The van der Waals surface area contributed by atoms with Crippen LogP contribution in [-0.4, -0.2) is 45.6 Å². The van der Waals surface area contributed by atoms with Crippen LogP contribution in [0.3, 0.4) is 0 Å². The maximum atomic E-state index is 14.3. The predicted octanol–water partition coefficient (Wildman–Crippen LogP) is 5.87. The minimum atomic E-state index is -1.11. The van der Waals surface area contributed by atoms with Gasteiger partial charge in [-0.2, -0.15) is 0 Å². The van der Waals surface area contributed by atoms with E-state index in [1.165, 1.54) is 0 Å². The van der Waals surface area contributed by atoms with Gasteiger partial charge in [-0.15, -0.1) is 0 Å². The van der Waals surface area contributed by atoms with Crippen LogP contribution in [0.25, 0.3) is 0 Å². The van der Waals surface area contributed by atoms with Crippen molar-refractivity contribution in [1.29, 1.82) is 0 Å². The third kappa shape index (κ3) is 7.74. The van der Waals surface area contributed by atoms with Crippen LogP contribution in [0, 0.1) is 25.7 Å². The lowest BCUT2D eigenvalue weighted by molar-refractivity contribution is -0.142. The number of phenolic OH excluding ortho intramolecular Hbond substituents is 1. The number of nitrogens with one attached hydrogen (secondary N) is 2. The quantitative estimate of drug-likeness (QED) is 0.371. The van der Waals surface area contributed by atoms with Gasteiger partial charge in [0.15, 0.2) is 0 Å². The van der Waals surface area contributed by atoms with Crippen molar-refractivity contribution >= 4 is 23.6 Å². The predicted molar refractivity (Wildman–Crippen MR) is 152 cm³/mol. The fourth-order valence-corrected chi connectivity index (χ4v) is 4.73. The van der Waals surface area contributed by atoms with E-state index in [0.717, 1.165) is 5.56 Å². The van der Waals surface area contributed by atoms with E-state index in [2.05, 4.69) is 10.6 Å². The molecule has 2 aromatic carbocycles. The number of para-hydroxylation sites is 2. The van der Waals surface area contributed by atoms with Crippen LogP contribution in [0.4, 0.5) is 10.5 Å². The van der Waals surface area contributed by atoms with Crippen molar-refractivity contribution in [3.63, 3.8) is 0 Å². The molecule has 4 unspecified atom stereocenters.